The van der Waals surface area contributed by atoms with E-state index in [9.17, 15) is 4.79 Å². The van der Waals surface area contributed by atoms with Gasteiger partial charge in [0.2, 0.25) is 5.95 Å². The molecule has 2 atom stereocenters. The zero-order valence-corrected chi connectivity index (χ0v) is 19.3. The first-order valence-electron chi connectivity index (χ1n) is 11.9. The van der Waals surface area contributed by atoms with Crippen LogP contribution in [0.15, 0.2) is 90.3 Å². The molecule has 35 heavy (non-hydrogen) atoms. The highest BCUT2D eigenvalue weighted by atomic mass is 16.5. The summed E-state index contributed by atoms with van der Waals surface area (Å²) in [6.07, 6.45) is 3.22. The molecule has 1 aliphatic carbocycles. The SMILES string of the molecule is COc1ccccc1[C@H]1CC(=O)C2=C(C1)Nc1nc3ccccc3n1[C@@H]2c1c[nH]c2ccccc12. The number of hydrogen-bond donors (Lipinski definition) is 2. The third-order valence-corrected chi connectivity index (χ3v) is 7.39. The van der Waals surface area contributed by atoms with E-state index in [-0.39, 0.29) is 17.7 Å². The van der Waals surface area contributed by atoms with Gasteiger partial charge in [-0.25, -0.2) is 4.98 Å². The van der Waals surface area contributed by atoms with Crippen molar-refractivity contribution in [3.05, 3.63) is 101 Å². The first kappa shape index (κ1) is 20.1. The largest absolute Gasteiger partial charge is 0.496 e. The van der Waals surface area contributed by atoms with Crippen molar-refractivity contribution in [1.29, 1.82) is 0 Å². The lowest BCUT2D eigenvalue weighted by atomic mass is 9.77. The van der Waals surface area contributed by atoms with Gasteiger partial charge in [0.25, 0.3) is 0 Å². The number of H-pyrrole nitrogens is 1. The third kappa shape index (κ3) is 2.96. The highest BCUT2D eigenvalue weighted by molar-refractivity contribution is 6.02. The lowest BCUT2D eigenvalue weighted by Crippen LogP contribution is -2.33. The van der Waals surface area contributed by atoms with Crippen LogP contribution in [0.1, 0.15) is 35.9 Å². The second kappa shape index (κ2) is 7.60. The Bertz CT molecular complexity index is 1660. The van der Waals surface area contributed by atoms with E-state index < -0.39 is 0 Å². The highest BCUT2D eigenvalue weighted by Crippen LogP contribution is 2.48. The number of Topliss-reactive ketones (excluding diaryl/α,β-unsaturated/α-hetero) is 1. The van der Waals surface area contributed by atoms with E-state index in [1.165, 1.54) is 0 Å². The van der Waals surface area contributed by atoms with Gasteiger partial charge in [-0.15, -0.1) is 0 Å². The van der Waals surface area contributed by atoms with Crippen LogP contribution < -0.4 is 10.1 Å². The molecule has 3 heterocycles. The first-order valence-corrected chi connectivity index (χ1v) is 11.9. The predicted molar refractivity (Wildman–Crippen MR) is 137 cm³/mol. The van der Waals surface area contributed by atoms with Crippen molar-refractivity contribution in [1.82, 2.24) is 14.5 Å². The van der Waals surface area contributed by atoms with Gasteiger partial charge in [-0.2, -0.15) is 0 Å². The standard InChI is InChI=1S/C29H24N4O2/c1-35-26-13-7-3-8-18(26)17-14-23-27(25(34)15-17)28(20-16-30-21-10-4-2-9-19(20)21)33-24-12-6-5-11-22(24)31-29(33)32-23/h2-13,16-17,28,30H,14-15H2,1H3,(H,31,32)/t17-,28-/m1/s1. The van der Waals surface area contributed by atoms with Crippen LogP contribution in [0, 0.1) is 0 Å². The summed E-state index contributed by atoms with van der Waals surface area (Å²) in [7, 11) is 1.68. The summed E-state index contributed by atoms with van der Waals surface area (Å²) < 4.78 is 7.81. The Hall–Kier alpha value is -4.32. The normalized spacial score (nSPS) is 19.5. The van der Waals surface area contributed by atoms with Crippen molar-refractivity contribution in [3.63, 3.8) is 0 Å². The molecule has 0 saturated heterocycles. The Kier molecular flexibility index (Phi) is 4.36. The van der Waals surface area contributed by atoms with Crippen LogP contribution in [-0.2, 0) is 4.79 Å². The van der Waals surface area contributed by atoms with Crippen LogP contribution in [0.4, 0.5) is 5.95 Å². The molecule has 2 aliphatic rings. The molecule has 172 valence electrons. The molecular weight excluding hydrogens is 436 g/mol. The molecule has 0 radical (unpaired) electrons. The van der Waals surface area contributed by atoms with Crippen LogP contribution in [0.5, 0.6) is 5.75 Å². The Morgan fingerprint density at radius 2 is 1.74 bits per heavy atom. The zero-order chi connectivity index (χ0) is 23.5. The number of ether oxygens (including phenoxy) is 1. The molecule has 0 bridgehead atoms. The van der Waals surface area contributed by atoms with Crippen LogP contribution in [-0.4, -0.2) is 27.4 Å². The van der Waals surface area contributed by atoms with E-state index in [2.05, 4.69) is 39.1 Å². The average molecular weight is 461 g/mol. The molecule has 6 heteroatoms. The number of carbonyl (C=O) groups excluding carboxylic acids is 1. The van der Waals surface area contributed by atoms with Crippen LogP contribution in [0.25, 0.3) is 21.9 Å². The van der Waals surface area contributed by atoms with Gasteiger partial charge in [-0.1, -0.05) is 48.5 Å². The minimum atomic E-state index is -0.254. The summed E-state index contributed by atoms with van der Waals surface area (Å²) in [5.41, 5.74) is 6.92. The van der Waals surface area contributed by atoms with Crippen LogP contribution >= 0.6 is 0 Å². The number of methoxy groups -OCH3 is 1. The lowest BCUT2D eigenvalue weighted by Gasteiger charge is -2.36. The maximum absolute atomic E-state index is 13.9. The molecular formula is C29H24N4O2. The minimum Gasteiger partial charge on any atom is -0.496 e. The molecule has 1 aliphatic heterocycles. The summed E-state index contributed by atoms with van der Waals surface area (Å²) in [6, 6.07) is 24.1. The van der Waals surface area contributed by atoms with E-state index >= 15 is 0 Å². The number of rotatable bonds is 3. The van der Waals surface area contributed by atoms with Crippen molar-refractivity contribution in [2.24, 2.45) is 0 Å². The molecule has 0 saturated carbocycles. The van der Waals surface area contributed by atoms with E-state index in [0.717, 1.165) is 62.5 Å². The third-order valence-electron chi connectivity index (χ3n) is 7.39. The van der Waals surface area contributed by atoms with Gasteiger partial charge in [0.1, 0.15) is 5.75 Å². The Morgan fingerprint density at radius 3 is 2.66 bits per heavy atom. The number of ketones is 1. The maximum atomic E-state index is 13.9. The first-order chi connectivity index (χ1) is 17.2. The topological polar surface area (TPSA) is 71.9 Å². The maximum Gasteiger partial charge on any atom is 0.209 e. The smallest absolute Gasteiger partial charge is 0.209 e. The molecule has 0 unspecified atom stereocenters. The number of nitrogens with zero attached hydrogens (tertiary/aromatic N) is 2. The molecule has 3 aromatic carbocycles. The Labute approximate surface area is 202 Å². The summed E-state index contributed by atoms with van der Waals surface area (Å²) in [6.45, 7) is 0. The second-order valence-corrected chi connectivity index (χ2v) is 9.27. The minimum absolute atomic E-state index is 0.0458. The van der Waals surface area contributed by atoms with Gasteiger partial charge in [0, 0.05) is 46.3 Å². The summed E-state index contributed by atoms with van der Waals surface area (Å²) in [5, 5.41) is 4.68. The fourth-order valence-electron chi connectivity index (χ4n) is 5.86. The quantitative estimate of drug-likeness (QED) is 0.349. The van der Waals surface area contributed by atoms with Gasteiger partial charge in [0.05, 0.1) is 24.2 Å². The molecule has 2 aromatic heterocycles. The predicted octanol–water partition coefficient (Wildman–Crippen LogP) is 5.94. The molecule has 0 spiro atoms. The number of para-hydroxylation sites is 4. The number of aromatic amines is 1. The van der Waals surface area contributed by atoms with Gasteiger partial charge in [0.15, 0.2) is 5.78 Å². The number of nitrogens with one attached hydrogen (secondary N) is 2. The molecule has 5 aromatic rings. The van der Waals surface area contributed by atoms with Gasteiger partial charge in [-0.05, 0) is 36.2 Å². The lowest BCUT2D eigenvalue weighted by molar-refractivity contribution is -0.116. The summed E-state index contributed by atoms with van der Waals surface area (Å²) >= 11 is 0. The van der Waals surface area contributed by atoms with Crippen molar-refractivity contribution in [2.45, 2.75) is 24.8 Å². The zero-order valence-electron chi connectivity index (χ0n) is 19.3. The summed E-state index contributed by atoms with van der Waals surface area (Å²) in [5.74, 6) is 1.80. The monoisotopic (exact) mass is 460 g/mol. The van der Waals surface area contributed by atoms with E-state index in [1.54, 1.807) is 7.11 Å². The fraction of sp³-hybridized carbons (Fsp3) is 0.172. The highest BCUT2D eigenvalue weighted by Gasteiger charge is 2.40. The molecule has 6 nitrogen and oxygen atoms in total. The van der Waals surface area contributed by atoms with Gasteiger partial charge in [-0.3, -0.25) is 9.36 Å². The van der Waals surface area contributed by atoms with Gasteiger partial charge >= 0.3 is 0 Å². The molecule has 0 amide bonds. The second-order valence-electron chi connectivity index (χ2n) is 9.27. The average Bonchev–Trinajstić information content (AvgIpc) is 3.48. The molecule has 0 fully saturated rings. The van der Waals surface area contributed by atoms with Crippen molar-refractivity contribution in [3.8, 4) is 5.75 Å². The Morgan fingerprint density at radius 1 is 0.943 bits per heavy atom. The molecule has 7 rings (SSSR count). The van der Waals surface area contributed by atoms with Crippen LogP contribution in [0.2, 0.25) is 0 Å². The van der Waals surface area contributed by atoms with Crippen molar-refractivity contribution >= 4 is 33.7 Å². The van der Waals surface area contributed by atoms with Crippen molar-refractivity contribution in [2.75, 3.05) is 12.4 Å². The van der Waals surface area contributed by atoms with Crippen molar-refractivity contribution < 1.29 is 9.53 Å². The number of imidazole rings is 1. The Balaban J connectivity index is 1.44. The number of benzene rings is 3. The number of aromatic nitrogens is 3. The number of carbonyl (C=O) groups is 1. The number of allylic oxidation sites excluding steroid dienone is 2. The number of anilines is 1. The van der Waals surface area contributed by atoms with E-state index in [0.29, 0.717) is 6.42 Å². The number of fused-ring (bicyclic) bond motifs is 4. The number of hydrogen-bond acceptors (Lipinski definition) is 4. The fourth-order valence-corrected chi connectivity index (χ4v) is 5.86. The van der Waals surface area contributed by atoms with E-state index in [1.807, 2.05) is 54.7 Å². The van der Waals surface area contributed by atoms with Crippen LogP contribution in [0.3, 0.4) is 0 Å². The summed E-state index contributed by atoms with van der Waals surface area (Å²) in [4.78, 5) is 22.3. The molecule has 2 N–H and O–H groups in total. The van der Waals surface area contributed by atoms with E-state index in [4.69, 9.17) is 9.72 Å². The van der Waals surface area contributed by atoms with Gasteiger partial charge < -0.3 is 15.0 Å².